The summed E-state index contributed by atoms with van der Waals surface area (Å²) in [7, 11) is 1.71. The number of nitrogens with zero attached hydrogens (tertiary/aromatic N) is 3. The molecule has 1 atom stereocenters. The van der Waals surface area contributed by atoms with E-state index in [0.717, 1.165) is 0 Å². The Morgan fingerprint density at radius 1 is 1.28 bits per heavy atom. The van der Waals surface area contributed by atoms with E-state index in [9.17, 15) is 9.90 Å². The number of hydrogen-bond acceptors (Lipinski definition) is 7. The number of aromatic nitrogens is 2. The summed E-state index contributed by atoms with van der Waals surface area (Å²) in [4.78, 5) is 17.8. The molecule has 8 heteroatoms. The van der Waals surface area contributed by atoms with E-state index in [4.69, 9.17) is 14.0 Å². The Morgan fingerprint density at radius 2 is 2.00 bits per heavy atom. The standard InChI is InChI=1S/C17H21N3O5/c1-10(2)16-18-14(19-25-16)9-20(3)15(17(21)22)11-4-5-12-13(8-11)24-7-6-23-12/h4-5,8,10,15H,6-7,9H2,1-3H3,(H,21,22)/t15-/m0/s1. The van der Waals surface area contributed by atoms with E-state index in [-0.39, 0.29) is 12.5 Å². The van der Waals surface area contributed by atoms with Crippen LogP contribution in [-0.2, 0) is 11.3 Å². The molecule has 0 amide bonds. The van der Waals surface area contributed by atoms with Gasteiger partial charge in [0.15, 0.2) is 17.3 Å². The van der Waals surface area contributed by atoms with Gasteiger partial charge in [-0.25, -0.2) is 0 Å². The van der Waals surface area contributed by atoms with Crippen molar-refractivity contribution in [1.82, 2.24) is 15.0 Å². The first-order valence-corrected chi connectivity index (χ1v) is 8.10. The molecule has 1 aliphatic heterocycles. The number of rotatable bonds is 6. The smallest absolute Gasteiger partial charge is 0.325 e. The molecule has 0 saturated carbocycles. The molecular formula is C17H21N3O5. The van der Waals surface area contributed by atoms with E-state index in [2.05, 4.69) is 10.1 Å². The average molecular weight is 347 g/mol. The number of hydrogen-bond donors (Lipinski definition) is 1. The molecule has 0 unspecified atom stereocenters. The van der Waals surface area contributed by atoms with Gasteiger partial charge in [-0.05, 0) is 24.7 Å². The van der Waals surface area contributed by atoms with Gasteiger partial charge < -0.3 is 19.1 Å². The van der Waals surface area contributed by atoms with Crippen molar-refractivity contribution < 1.29 is 23.9 Å². The number of ether oxygens (including phenoxy) is 2. The molecule has 25 heavy (non-hydrogen) atoms. The lowest BCUT2D eigenvalue weighted by atomic mass is 10.0. The van der Waals surface area contributed by atoms with Gasteiger partial charge >= 0.3 is 5.97 Å². The number of carboxylic acids is 1. The minimum absolute atomic E-state index is 0.125. The van der Waals surface area contributed by atoms with Crippen molar-refractivity contribution in [3.8, 4) is 11.5 Å². The van der Waals surface area contributed by atoms with Crippen LogP contribution in [0.3, 0.4) is 0 Å². The highest BCUT2D eigenvalue weighted by molar-refractivity contribution is 5.76. The number of carbonyl (C=O) groups is 1. The van der Waals surface area contributed by atoms with Gasteiger partial charge in [-0.1, -0.05) is 25.1 Å². The molecule has 1 aliphatic rings. The lowest BCUT2D eigenvalue weighted by Crippen LogP contribution is -2.31. The normalized spacial score (nSPS) is 14.8. The van der Waals surface area contributed by atoms with Gasteiger partial charge in [0.05, 0.1) is 6.54 Å². The van der Waals surface area contributed by atoms with Crippen LogP contribution in [0, 0.1) is 0 Å². The highest BCUT2D eigenvalue weighted by Gasteiger charge is 2.28. The highest BCUT2D eigenvalue weighted by atomic mass is 16.6. The summed E-state index contributed by atoms with van der Waals surface area (Å²) in [6, 6.07) is 4.31. The summed E-state index contributed by atoms with van der Waals surface area (Å²) in [5.41, 5.74) is 0.604. The van der Waals surface area contributed by atoms with Gasteiger partial charge in [-0.2, -0.15) is 4.98 Å². The molecule has 3 rings (SSSR count). The summed E-state index contributed by atoms with van der Waals surface area (Å²) in [6.45, 7) is 5.10. The molecule has 1 aromatic heterocycles. The second-order valence-corrected chi connectivity index (χ2v) is 6.26. The fourth-order valence-electron chi connectivity index (χ4n) is 2.70. The van der Waals surface area contributed by atoms with Gasteiger partial charge in [0.2, 0.25) is 5.89 Å². The van der Waals surface area contributed by atoms with Crippen molar-refractivity contribution in [3.05, 3.63) is 35.5 Å². The van der Waals surface area contributed by atoms with Gasteiger partial charge in [0.25, 0.3) is 0 Å². The van der Waals surface area contributed by atoms with Crippen molar-refractivity contribution in [2.75, 3.05) is 20.3 Å². The second kappa shape index (κ2) is 7.10. The Balaban J connectivity index is 1.81. The summed E-state index contributed by atoms with van der Waals surface area (Å²) in [5.74, 6) is 1.34. The molecule has 2 heterocycles. The first kappa shape index (κ1) is 17.2. The summed E-state index contributed by atoms with van der Waals surface area (Å²) in [6.07, 6.45) is 0. The van der Waals surface area contributed by atoms with E-state index < -0.39 is 12.0 Å². The van der Waals surface area contributed by atoms with E-state index in [0.29, 0.717) is 42.0 Å². The van der Waals surface area contributed by atoms with E-state index in [1.54, 1.807) is 30.1 Å². The Hall–Kier alpha value is -2.61. The summed E-state index contributed by atoms with van der Waals surface area (Å²) < 4.78 is 16.2. The molecule has 1 N–H and O–H groups in total. The average Bonchev–Trinajstić information content (AvgIpc) is 3.03. The molecule has 0 saturated heterocycles. The highest BCUT2D eigenvalue weighted by Crippen LogP contribution is 2.34. The zero-order chi connectivity index (χ0) is 18.0. The van der Waals surface area contributed by atoms with Crippen LogP contribution in [0.15, 0.2) is 22.7 Å². The number of likely N-dealkylation sites (N-methyl/N-ethyl adjacent to an activating group) is 1. The molecule has 134 valence electrons. The van der Waals surface area contributed by atoms with Crippen LogP contribution in [0.4, 0.5) is 0 Å². The van der Waals surface area contributed by atoms with Crippen molar-refractivity contribution in [2.24, 2.45) is 0 Å². The third-order valence-electron chi connectivity index (χ3n) is 3.93. The predicted molar refractivity (Wildman–Crippen MR) is 87.7 cm³/mol. The van der Waals surface area contributed by atoms with Crippen LogP contribution in [0.1, 0.15) is 43.1 Å². The van der Waals surface area contributed by atoms with Gasteiger partial charge in [0, 0.05) is 5.92 Å². The largest absolute Gasteiger partial charge is 0.486 e. The number of aliphatic carboxylic acids is 1. The SMILES string of the molecule is CC(C)c1nc(CN(C)[C@H](C(=O)O)c2ccc3c(c2)OCCO3)no1. The predicted octanol–water partition coefficient (Wildman–Crippen LogP) is 2.22. The lowest BCUT2D eigenvalue weighted by molar-refractivity contribution is -0.143. The molecule has 8 nitrogen and oxygen atoms in total. The Morgan fingerprint density at radius 3 is 2.64 bits per heavy atom. The molecular weight excluding hydrogens is 326 g/mol. The minimum atomic E-state index is -0.966. The van der Waals surface area contributed by atoms with Crippen molar-refractivity contribution in [1.29, 1.82) is 0 Å². The topological polar surface area (TPSA) is 97.9 Å². The van der Waals surface area contributed by atoms with Crippen LogP contribution >= 0.6 is 0 Å². The zero-order valence-corrected chi connectivity index (χ0v) is 14.4. The molecule has 0 bridgehead atoms. The van der Waals surface area contributed by atoms with Gasteiger partial charge in [-0.15, -0.1) is 0 Å². The van der Waals surface area contributed by atoms with E-state index in [1.807, 2.05) is 13.8 Å². The lowest BCUT2D eigenvalue weighted by Gasteiger charge is -2.25. The molecule has 0 fully saturated rings. The van der Waals surface area contributed by atoms with Crippen LogP contribution in [0.5, 0.6) is 11.5 Å². The fraction of sp³-hybridized carbons (Fsp3) is 0.471. The molecule has 0 radical (unpaired) electrons. The van der Waals surface area contributed by atoms with Crippen LogP contribution < -0.4 is 9.47 Å². The van der Waals surface area contributed by atoms with Gasteiger partial charge in [-0.3, -0.25) is 9.69 Å². The second-order valence-electron chi connectivity index (χ2n) is 6.26. The molecule has 0 aliphatic carbocycles. The van der Waals surface area contributed by atoms with Crippen LogP contribution in [-0.4, -0.2) is 46.4 Å². The fourth-order valence-corrected chi connectivity index (χ4v) is 2.70. The maximum Gasteiger partial charge on any atom is 0.325 e. The molecule has 1 aromatic carbocycles. The van der Waals surface area contributed by atoms with Crippen LogP contribution in [0.25, 0.3) is 0 Å². The third-order valence-corrected chi connectivity index (χ3v) is 3.93. The van der Waals surface area contributed by atoms with Crippen molar-refractivity contribution in [2.45, 2.75) is 32.4 Å². The molecule has 2 aromatic rings. The van der Waals surface area contributed by atoms with Crippen LogP contribution in [0.2, 0.25) is 0 Å². The Bertz CT molecular complexity index is 758. The number of fused-ring (bicyclic) bond motifs is 1. The zero-order valence-electron chi connectivity index (χ0n) is 14.4. The number of benzene rings is 1. The maximum atomic E-state index is 11.8. The maximum absolute atomic E-state index is 11.8. The van der Waals surface area contributed by atoms with Gasteiger partial charge in [0.1, 0.15) is 19.3 Å². The first-order chi connectivity index (χ1) is 12.0. The number of carboxylic acid groups (broad SMARTS) is 1. The quantitative estimate of drug-likeness (QED) is 0.849. The summed E-state index contributed by atoms with van der Waals surface area (Å²) in [5, 5.41) is 13.6. The Kier molecular flexibility index (Phi) is 4.89. The molecule has 0 spiro atoms. The van der Waals surface area contributed by atoms with E-state index in [1.165, 1.54) is 0 Å². The third kappa shape index (κ3) is 3.74. The monoisotopic (exact) mass is 347 g/mol. The summed E-state index contributed by atoms with van der Waals surface area (Å²) >= 11 is 0. The first-order valence-electron chi connectivity index (χ1n) is 8.10. The Labute approximate surface area is 145 Å². The van der Waals surface area contributed by atoms with Crippen molar-refractivity contribution in [3.63, 3.8) is 0 Å². The van der Waals surface area contributed by atoms with E-state index >= 15 is 0 Å². The minimum Gasteiger partial charge on any atom is -0.486 e. The van der Waals surface area contributed by atoms with Crippen molar-refractivity contribution >= 4 is 5.97 Å².